The van der Waals surface area contributed by atoms with E-state index in [-0.39, 0.29) is 47.6 Å². The minimum absolute atomic E-state index is 0.0565. The summed E-state index contributed by atoms with van der Waals surface area (Å²) in [5, 5.41) is 28.1. The van der Waals surface area contributed by atoms with Crippen LogP contribution in [0.15, 0.2) is 24.3 Å². The molecule has 10 heteroatoms. The number of carbonyl (C=O) groups is 3. The molecule has 2 rings (SSSR count). The Hall–Kier alpha value is -3.21. The van der Waals surface area contributed by atoms with Crippen LogP contribution in [0.4, 0.5) is 5.69 Å². The lowest BCUT2D eigenvalue weighted by Gasteiger charge is -2.10. The molecule has 0 aromatic heterocycles. The molecule has 28 heavy (non-hydrogen) atoms. The van der Waals surface area contributed by atoms with Gasteiger partial charge in [0.2, 0.25) is 5.91 Å². The number of methoxy groups -OCH3 is 1. The Morgan fingerprint density at radius 3 is 2.04 bits per heavy atom. The number of hydrogen-bond donors (Lipinski definition) is 5. The van der Waals surface area contributed by atoms with Gasteiger partial charge in [-0.05, 0) is 16.7 Å². The molecule has 0 saturated carbocycles. The number of fused-ring (bicyclic) bond motifs is 1. The van der Waals surface area contributed by atoms with Crippen LogP contribution in [0.2, 0.25) is 0 Å². The maximum Gasteiger partial charge on any atom is 0.338 e. The molecule has 0 aliphatic heterocycles. The maximum atomic E-state index is 11.9. The molecule has 150 valence electrons. The minimum atomic E-state index is -1.34. The molecular formula is C18H20N2O8. The van der Waals surface area contributed by atoms with Crippen molar-refractivity contribution in [3.8, 4) is 11.1 Å². The molecule has 0 spiro atoms. The monoisotopic (exact) mass is 392 g/mol. The smallest absolute Gasteiger partial charge is 0.338 e. The zero-order valence-corrected chi connectivity index (χ0v) is 15.0. The maximum absolute atomic E-state index is 11.9. The summed E-state index contributed by atoms with van der Waals surface area (Å²) in [6, 6.07) is 5.82. The summed E-state index contributed by atoms with van der Waals surface area (Å²) in [5.74, 6) is -3.20. The van der Waals surface area contributed by atoms with E-state index in [0.717, 1.165) is 0 Å². The van der Waals surface area contributed by atoms with Gasteiger partial charge < -0.3 is 25.8 Å². The topological polar surface area (TPSA) is 168 Å². The number of hydroxylamine groups is 1. The Labute approximate surface area is 159 Å². The third-order valence-corrected chi connectivity index (χ3v) is 3.91. The lowest BCUT2D eigenvalue weighted by Crippen LogP contribution is -2.31. The normalized spacial score (nSPS) is 11.9. The lowest BCUT2D eigenvalue weighted by molar-refractivity contribution is -0.136. The van der Waals surface area contributed by atoms with Crippen molar-refractivity contribution in [2.75, 3.05) is 26.1 Å². The molecular weight excluding hydrogens is 372 g/mol. The Balaban J connectivity index is 2.20. The van der Waals surface area contributed by atoms with E-state index in [9.17, 15) is 29.7 Å². The average molecular weight is 392 g/mol. The standard InChI is InChI=1S/C18H20N2O8/c1-27-7-10(21)8-28-20-13(22)6-9-2-4-11-12(5-3-9)15(18(25)26)16(19)14(11)17(23)24/h2-5,10,21H,6-8,19H2,1H3,(H,20,22)(H,23,24)(H,25,26). The number of hydrogen-bond acceptors (Lipinski definition) is 7. The summed E-state index contributed by atoms with van der Waals surface area (Å²) in [7, 11) is 1.42. The predicted molar refractivity (Wildman–Crippen MR) is 97.1 cm³/mol. The summed E-state index contributed by atoms with van der Waals surface area (Å²) in [6.07, 6.45) is -1.00. The van der Waals surface area contributed by atoms with Crippen LogP contribution >= 0.6 is 0 Å². The highest BCUT2D eigenvalue weighted by Crippen LogP contribution is 2.38. The van der Waals surface area contributed by atoms with Gasteiger partial charge in [-0.2, -0.15) is 0 Å². The second-order valence-corrected chi connectivity index (χ2v) is 5.97. The number of nitrogens with one attached hydrogen (secondary N) is 1. The molecule has 0 aromatic rings. The van der Waals surface area contributed by atoms with Crippen molar-refractivity contribution in [2.24, 2.45) is 0 Å². The van der Waals surface area contributed by atoms with E-state index >= 15 is 0 Å². The molecule has 0 heterocycles. The highest BCUT2D eigenvalue weighted by Gasteiger charge is 2.28. The van der Waals surface area contributed by atoms with E-state index < -0.39 is 23.9 Å². The van der Waals surface area contributed by atoms with Crippen LogP contribution in [0, 0.1) is 0 Å². The van der Waals surface area contributed by atoms with Crippen molar-refractivity contribution >= 4 is 23.5 Å². The van der Waals surface area contributed by atoms with Gasteiger partial charge in [0, 0.05) is 7.11 Å². The van der Waals surface area contributed by atoms with Crippen LogP contribution in [0.1, 0.15) is 26.3 Å². The number of amides is 1. The van der Waals surface area contributed by atoms with Crippen molar-refractivity contribution in [3.05, 3.63) is 41.0 Å². The number of nitrogen functional groups attached to an aromatic ring is 1. The quantitative estimate of drug-likeness (QED) is 0.378. The molecule has 0 saturated heterocycles. The summed E-state index contributed by atoms with van der Waals surface area (Å²) in [6.45, 7) is -0.0969. The zero-order chi connectivity index (χ0) is 20.8. The predicted octanol–water partition coefficient (Wildman–Crippen LogP) is 0.368. The van der Waals surface area contributed by atoms with Crippen molar-refractivity contribution in [2.45, 2.75) is 12.5 Å². The lowest BCUT2D eigenvalue weighted by atomic mass is 10.1. The number of rotatable bonds is 9. The van der Waals surface area contributed by atoms with Crippen LogP contribution in [0.3, 0.4) is 0 Å². The molecule has 0 radical (unpaired) electrons. The fraction of sp³-hybridized carbons (Fsp3) is 0.278. The van der Waals surface area contributed by atoms with Gasteiger partial charge in [0.05, 0.1) is 29.8 Å². The van der Waals surface area contributed by atoms with Crippen LogP contribution in [0.5, 0.6) is 0 Å². The molecule has 0 fully saturated rings. The van der Waals surface area contributed by atoms with Gasteiger partial charge in [0.1, 0.15) is 12.7 Å². The first-order chi connectivity index (χ1) is 13.3. The van der Waals surface area contributed by atoms with E-state index in [1.54, 1.807) is 0 Å². The fourth-order valence-electron chi connectivity index (χ4n) is 2.73. The number of nitrogens with two attached hydrogens (primary N) is 1. The van der Waals surface area contributed by atoms with Gasteiger partial charge in [-0.3, -0.25) is 9.63 Å². The Bertz CT molecular complexity index is 815. The Morgan fingerprint density at radius 2 is 1.57 bits per heavy atom. The fourth-order valence-corrected chi connectivity index (χ4v) is 2.73. The van der Waals surface area contributed by atoms with Gasteiger partial charge in [0.15, 0.2) is 0 Å². The third-order valence-electron chi connectivity index (χ3n) is 3.91. The molecule has 6 N–H and O–H groups in total. The van der Waals surface area contributed by atoms with Gasteiger partial charge in [-0.1, -0.05) is 24.3 Å². The van der Waals surface area contributed by atoms with Crippen molar-refractivity contribution in [1.82, 2.24) is 5.48 Å². The molecule has 0 bridgehead atoms. The zero-order valence-electron chi connectivity index (χ0n) is 15.0. The first-order valence-corrected chi connectivity index (χ1v) is 8.14. The highest BCUT2D eigenvalue weighted by atomic mass is 16.7. The second-order valence-electron chi connectivity index (χ2n) is 5.97. The highest BCUT2D eigenvalue weighted by molar-refractivity contribution is 6.14. The molecule has 0 aromatic carbocycles. The number of anilines is 1. The number of carboxylic acid groups (broad SMARTS) is 2. The number of ether oxygens (including phenoxy) is 1. The largest absolute Gasteiger partial charge is 0.478 e. The van der Waals surface area contributed by atoms with E-state index in [0.29, 0.717) is 5.56 Å². The van der Waals surface area contributed by atoms with Crippen LogP contribution in [-0.2, 0) is 20.8 Å². The number of aliphatic hydroxyl groups excluding tert-OH is 1. The average Bonchev–Trinajstić information content (AvgIpc) is 2.75. The number of carbonyl (C=O) groups excluding carboxylic acids is 1. The molecule has 1 atom stereocenters. The van der Waals surface area contributed by atoms with Crippen LogP contribution in [-0.4, -0.2) is 59.6 Å². The van der Waals surface area contributed by atoms with Gasteiger partial charge in [-0.25, -0.2) is 15.1 Å². The Kier molecular flexibility index (Phi) is 6.88. The van der Waals surface area contributed by atoms with Crippen molar-refractivity contribution in [1.29, 1.82) is 0 Å². The summed E-state index contributed by atoms with van der Waals surface area (Å²) in [4.78, 5) is 39.8. The van der Waals surface area contributed by atoms with Crippen LogP contribution < -0.4 is 11.2 Å². The van der Waals surface area contributed by atoms with Crippen LogP contribution in [0.25, 0.3) is 11.1 Å². The molecule has 1 unspecified atom stereocenters. The minimum Gasteiger partial charge on any atom is -0.478 e. The third kappa shape index (κ3) is 4.74. The summed E-state index contributed by atoms with van der Waals surface area (Å²) < 4.78 is 4.72. The number of carboxylic acids is 2. The molecule has 1 amide bonds. The van der Waals surface area contributed by atoms with E-state index in [4.69, 9.17) is 15.3 Å². The Morgan fingerprint density at radius 1 is 1.04 bits per heavy atom. The van der Waals surface area contributed by atoms with E-state index in [1.807, 2.05) is 0 Å². The van der Waals surface area contributed by atoms with Crippen molar-refractivity contribution < 1.29 is 39.3 Å². The number of aliphatic hydroxyl groups is 1. The van der Waals surface area contributed by atoms with Gasteiger partial charge >= 0.3 is 11.9 Å². The first kappa shape index (κ1) is 21.1. The van der Waals surface area contributed by atoms with Gasteiger partial charge in [0.25, 0.3) is 0 Å². The summed E-state index contributed by atoms with van der Waals surface area (Å²) in [5.41, 5.74) is 7.78. The second kappa shape index (κ2) is 9.13. The number of aromatic carboxylic acids is 2. The van der Waals surface area contributed by atoms with E-state index in [2.05, 4.69) is 5.48 Å². The summed E-state index contributed by atoms with van der Waals surface area (Å²) >= 11 is 0. The molecule has 2 aliphatic carbocycles. The molecule has 10 nitrogen and oxygen atoms in total. The van der Waals surface area contributed by atoms with Crippen molar-refractivity contribution in [3.63, 3.8) is 0 Å². The van der Waals surface area contributed by atoms with Gasteiger partial charge in [-0.15, -0.1) is 0 Å². The first-order valence-electron chi connectivity index (χ1n) is 8.14. The van der Waals surface area contributed by atoms with E-state index in [1.165, 1.54) is 31.4 Å². The molecule has 2 aliphatic rings. The SMILES string of the molecule is COCC(O)CONC(=O)Cc1ccc2c(C(=O)O)c(N)c(C(=O)O)c-2cc1.